The minimum absolute atomic E-state index is 0.246. The number of alkyl halides is 3. The Labute approximate surface area is 275 Å². The molecule has 1 atom stereocenters. The number of hydrogen-bond donors (Lipinski definition) is 3. The fourth-order valence-corrected chi connectivity index (χ4v) is 5.28. The molecular weight excluding hydrogens is 615 g/mol. The Bertz CT molecular complexity index is 1290. The van der Waals surface area contributed by atoms with Crippen LogP contribution in [0.25, 0.3) is 11.1 Å². The molecule has 1 aliphatic heterocycles. The van der Waals surface area contributed by atoms with E-state index in [1.54, 1.807) is 13.2 Å². The van der Waals surface area contributed by atoms with E-state index in [1.165, 1.54) is 19.3 Å². The van der Waals surface area contributed by atoms with Gasteiger partial charge in [-0.25, -0.2) is 4.79 Å². The van der Waals surface area contributed by atoms with Gasteiger partial charge < -0.3 is 30.2 Å². The second-order valence-corrected chi connectivity index (χ2v) is 11.4. The minimum Gasteiger partial charge on any atom is -0.493 e. The standard InChI is InChI=1S/C34H48F3N5O5/c1-3-4-16-40-33(38)41-31(43)29(47-32(44)34(35,36)37)23-26-14-15-27(25-12-7-5-8-13-25)28(30(26)46-22-11-21-45-2)24-39-17-20-42-18-9-6-10-19-42/h5,7-8,12-15,29,39H,3-4,6,9-11,16-24H2,1-2H3,(H3,38,40,41,43). The van der Waals surface area contributed by atoms with Gasteiger partial charge in [-0.1, -0.05) is 62.2 Å². The van der Waals surface area contributed by atoms with Gasteiger partial charge in [-0.2, -0.15) is 13.2 Å². The summed E-state index contributed by atoms with van der Waals surface area (Å²) in [7, 11) is 1.58. The van der Waals surface area contributed by atoms with Gasteiger partial charge in [-0.15, -0.1) is 0 Å². The third-order valence-electron chi connectivity index (χ3n) is 7.74. The number of methoxy groups -OCH3 is 1. The highest BCUT2D eigenvalue weighted by Crippen LogP contribution is 2.35. The molecule has 13 heteroatoms. The van der Waals surface area contributed by atoms with Crippen LogP contribution in [0.5, 0.6) is 5.75 Å². The molecule has 0 saturated carbocycles. The van der Waals surface area contributed by atoms with Crippen molar-refractivity contribution in [3.8, 4) is 16.9 Å². The lowest BCUT2D eigenvalue weighted by atomic mass is 9.93. The van der Waals surface area contributed by atoms with E-state index in [1.807, 2.05) is 43.3 Å². The molecule has 0 aromatic heterocycles. The van der Waals surface area contributed by atoms with E-state index in [4.69, 9.17) is 19.9 Å². The van der Waals surface area contributed by atoms with Gasteiger partial charge in [0.2, 0.25) is 0 Å². The number of carbonyl (C=O) groups is 2. The van der Waals surface area contributed by atoms with Crippen LogP contribution in [-0.4, -0.2) is 88.1 Å². The summed E-state index contributed by atoms with van der Waals surface area (Å²) in [5.41, 5.74) is 8.77. The number of rotatable bonds is 18. The molecule has 1 aliphatic rings. The summed E-state index contributed by atoms with van der Waals surface area (Å²) in [6.07, 6.45) is -1.87. The molecule has 10 nitrogen and oxygen atoms in total. The zero-order chi connectivity index (χ0) is 34.1. The van der Waals surface area contributed by atoms with Crippen molar-refractivity contribution in [2.24, 2.45) is 10.7 Å². The number of likely N-dealkylation sites (tertiary alicyclic amines) is 1. The van der Waals surface area contributed by atoms with Gasteiger partial charge in [0.1, 0.15) is 5.75 Å². The first kappa shape index (κ1) is 37.8. The Hall–Kier alpha value is -3.68. The number of nitrogens with two attached hydrogens (primary N) is 1. The maximum atomic E-state index is 13.3. The number of nitrogens with zero attached hydrogens (tertiary/aromatic N) is 2. The molecule has 0 spiro atoms. The Morgan fingerprint density at radius 1 is 1.04 bits per heavy atom. The van der Waals surface area contributed by atoms with Crippen LogP contribution < -0.4 is 21.1 Å². The van der Waals surface area contributed by atoms with Crippen LogP contribution in [0.3, 0.4) is 0 Å². The summed E-state index contributed by atoms with van der Waals surface area (Å²) in [6, 6.07) is 13.2. The lowest BCUT2D eigenvalue weighted by molar-refractivity contribution is -0.205. The number of piperidine rings is 1. The van der Waals surface area contributed by atoms with E-state index in [-0.39, 0.29) is 12.6 Å². The molecule has 2 aromatic carbocycles. The van der Waals surface area contributed by atoms with Crippen molar-refractivity contribution >= 4 is 17.8 Å². The zero-order valence-electron chi connectivity index (χ0n) is 27.4. The predicted molar refractivity (Wildman–Crippen MR) is 175 cm³/mol. The first-order chi connectivity index (χ1) is 22.6. The summed E-state index contributed by atoms with van der Waals surface area (Å²) in [4.78, 5) is 31.6. The Morgan fingerprint density at radius 2 is 1.79 bits per heavy atom. The van der Waals surface area contributed by atoms with Gasteiger partial charge in [0.05, 0.1) is 6.61 Å². The van der Waals surface area contributed by atoms with Crippen LogP contribution in [-0.2, 0) is 32.0 Å². The number of guanidine groups is 1. The van der Waals surface area contributed by atoms with Crippen molar-refractivity contribution in [2.45, 2.75) is 70.7 Å². The molecule has 4 N–H and O–H groups in total. The highest BCUT2D eigenvalue weighted by molar-refractivity contribution is 5.99. The molecule has 3 rings (SSSR count). The number of nitrogens with one attached hydrogen (secondary N) is 2. The molecular formula is C34H48F3N5O5. The molecule has 1 fully saturated rings. The molecule has 1 heterocycles. The van der Waals surface area contributed by atoms with E-state index in [9.17, 15) is 22.8 Å². The molecule has 260 valence electrons. The fourth-order valence-electron chi connectivity index (χ4n) is 5.28. The number of halogens is 3. The zero-order valence-corrected chi connectivity index (χ0v) is 27.4. The number of carbonyl (C=O) groups excluding carboxylic acids is 2. The van der Waals surface area contributed by atoms with E-state index < -0.39 is 30.6 Å². The number of ether oxygens (including phenoxy) is 3. The second-order valence-electron chi connectivity index (χ2n) is 11.4. The van der Waals surface area contributed by atoms with Crippen molar-refractivity contribution in [3.63, 3.8) is 0 Å². The summed E-state index contributed by atoms with van der Waals surface area (Å²) >= 11 is 0. The molecule has 1 saturated heterocycles. The quantitative estimate of drug-likeness (QED) is 0.0915. The molecule has 47 heavy (non-hydrogen) atoms. The average molecular weight is 664 g/mol. The Balaban J connectivity index is 1.98. The number of aliphatic imine (C=N–C) groups is 1. The maximum absolute atomic E-state index is 13.3. The minimum atomic E-state index is -5.31. The summed E-state index contributed by atoms with van der Waals surface area (Å²) in [5, 5.41) is 5.81. The molecule has 0 aliphatic carbocycles. The molecule has 1 unspecified atom stereocenters. The summed E-state index contributed by atoms with van der Waals surface area (Å²) in [6.45, 7) is 7.06. The maximum Gasteiger partial charge on any atom is 0.490 e. The van der Waals surface area contributed by atoms with E-state index in [0.29, 0.717) is 50.4 Å². The van der Waals surface area contributed by atoms with Crippen molar-refractivity contribution in [2.75, 3.05) is 53.0 Å². The number of esters is 1. The number of benzene rings is 2. The first-order valence-electron chi connectivity index (χ1n) is 16.3. The van der Waals surface area contributed by atoms with Gasteiger partial charge in [-0.3, -0.25) is 15.1 Å². The van der Waals surface area contributed by atoms with E-state index in [2.05, 4.69) is 20.5 Å². The van der Waals surface area contributed by atoms with Crippen molar-refractivity contribution < 1.29 is 37.0 Å². The molecule has 2 aromatic rings. The highest BCUT2D eigenvalue weighted by atomic mass is 19.4. The third kappa shape index (κ3) is 12.8. The Kier molecular flexibility index (Phi) is 16.0. The smallest absolute Gasteiger partial charge is 0.490 e. The number of amides is 1. The SMILES string of the molecule is CCCCN=C(N)NC(=O)C(Cc1ccc(-c2ccccc2)c(CNCCN2CCCCC2)c1OCCCOC)OC(=O)C(F)(F)F. The van der Waals surface area contributed by atoms with Gasteiger partial charge in [-0.05, 0) is 49.0 Å². The molecule has 0 radical (unpaired) electrons. The van der Waals surface area contributed by atoms with Crippen LogP contribution in [0.15, 0.2) is 47.5 Å². The van der Waals surface area contributed by atoms with Crippen LogP contribution >= 0.6 is 0 Å². The van der Waals surface area contributed by atoms with Crippen molar-refractivity contribution in [3.05, 3.63) is 53.6 Å². The van der Waals surface area contributed by atoms with Crippen LogP contribution in [0, 0.1) is 0 Å². The lowest BCUT2D eigenvalue weighted by Gasteiger charge is -2.27. The van der Waals surface area contributed by atoms with Gasteiger partial charge in [0.15, 0.2) is 12.1 Å². The normalized spacial score (nSPS) is 14.9. The average Bonchev–Trinajstić information content (AvgIpc) is 3.06. The predicted octanol–water partition coefficient (Wildman–Crippen LogP) is 4.59. The van der Waals surface area contributed by atoms with Crippen molar-refractivity contribution in [1.29, 1.82) is 0 Å². The third-order valence-corrected chi connectivity index (χ3v) is 7.74. The van der Waals surface area contributed by atoms with Gasteiger partial charge in [0, 0.05) is 58.3 Å². The monoisotopic (exact) mass is 663 g/mol. The molecule has 1 amide bonds. The van der Waals surface area contributed by atoms with E-state index >= 15 is 0 Å². The Morgan fingerprint density at radius 3 is 2.47 bits per heavy atom. The first-order valence-corrected chi connectivity index (χ1v) is 16.3. The number of hydrogen-bond acceptors (Lipinski definition) is 8. The lowest BCUT2D eigenvalue weighted by Crippen LogP contribution is -2.46. The number of unbranched alkanes of at least 4 members (excludes halogenated alkanes) is 1. The van der Waals surface area contributed by atoms with Crippen molar-refractivity contribution in [1.82, 2.24) is 15.5 Å². The summed E-state index contributed by atoms with van der Waals surface area (Å²) in [5.74, 6) is -3.38. The highest BCUT2D eigenvalue weighted by Gasteiger charge is 2.43. The van der Waals surface area contributed by atoms with Crippen LogP contribution in [0.4, 0.5) is 13.2 Å². The molecule has 0 bridgehead atoms. The van der Waals surface area contributed by atoms with Gasteiger partial charge in [0.25, 0.3) is 5.91 Å². The largest absolute Gasteiger partial charge is 0.493 e. The van der Waals surface area contributed by atoms with Crippen LogP contribution in [0.2, 0.25) is 0 Å². The fraction of sp³-hybridized carbons (Fsp3) is 0.559. The van der Waals surface area contributed by atoms with E-state index in [0.717, 1.165) is 42.7 Å². The topological polar surface area (TPSA) is 128 Å². The van der Waals surface area contributed by atoms with Gasteiger partial charge >= 0.3 is 12.1 Å². The second kappa shape index (κ2) is 19.9. The van der Waals surface area contributed by atoms with Crippen LogP contribution in [0.1, 0.15) is 56.6 Å². The summed E-state index contributed by atoms with van der Waals surface area (Å²) < 4.78 is 56.1.